The number of amides is 1. The molecule has 0 spiro atoms. The van der Waals surface area contributed by atoms with Crippen LogP contribution in [-0.4, -0.2) is 33.7 Å². The number of carbonyl (C=O) groups is 1. The van der Waals surface area contributed by atoms with Crippen molar-refractivity contribution in [1.82, 2.24) is 14.7 Å². The smallest absolute Gasteiger partial charge is 0.274 e. The highest BCUT2D eigenvalue weighted by Gasteiger charge is 2.30. The number of carbonyl (C=O) groups excluding carboxylic acids is 1. The number of benzene rings is 2. The number of nitriles is 1. The van der Waals surface area contributed by atoms with Crippen molar-refractivity contribution in [3.05, 3.63) is 71.4 Å². The van der Waals surface area contributed by atoms with Crippen LogP contribution in [-0.2, 0) is 0 Å². The minimum absolute atomic E-state index is 0.00218. The van der Waals surface area contributed by atoms with Gasteiger partial charge < -0.3 is 4.90 Å². The lowest BCUT2D eigenvalue weighted by atomic mass is 9.86. The summed E-state index contributed by atoms with van der Waals surface area (Å²) < 4.78 is 1.84. The van der Waals surface area contributed by atoms with E-state index in [1.54, 1.807) is 12.1 Å². The van der Waals surface area contributed by atoms with Crippen LogP contribution in [0.2, 0.25) is 0 Å². The van der Waals surface area contributed by atoms with Crippen LogP contribution in [0.3, 0.4) is 0 Å². The first-order valence-electron chi connectivity index (χ1n) is 11.5. The molecule has 0 bridgehead atoms. The zero-order valence-corrected chi connectivity index (χ0v) is 19.1. The largest absolute Gasteiger partial charge is 0.337 e. The highest BCUT2D eigenvalue weighted by Crippen LogP contribution is 2.29. The van der Waals surface area contributed by atoms with Gasteiger partial charge in [0.2, 0.25) is 0 Å². The van der Waals surface area contributed by atoms with Crippen LogP contribution >= 0.6 is 0 Å². The quantitative estimate of drug-likeness (QED) is 0.532. The lowest BCUT2D eigenvalue weighted by molar-refractivity contribution is 0.0580. The van der Waals surface area contributed by atoms with Crippen LogP contribution in [0.15, 0.2) is 54.6 Å². The zero-order valence-electron chi connectivity index (χ0n) is 19.1. The van der Waals surface area contributed by atoms with E-state index >= 15 is 0 Å². The highest BCUT2D eigenvalue weighted by molar-refractivity contribution is 5.93. The summed E-state index contributed by atoms with van der Waals surface area (Å²) in [6.07, 6.45) is 3.38. The summed E-state index contributed by atoms with van der Waals surface area (Å²) in [6.45, 7) is 8.07. The van der Waals surface area contributed by atoms with Crippen LogP contribution in [0.5, 0.6) is 0 Å². The molecule has 5 nitrogen and oxygen atoms in total. The van der Waals surface area contributed by atoms with E-state index in [9.17, 15) is 4.79 Å². The van der Waals surface area contributed by atoms with E-state index in [4.69, 9.17) is 10.4 Å². The van der Waals surface area contributed by atoms with E-state index in [0.717, 1.165) is 42.9 Å². The molecule has 1 aliphatic rings. The van der Waals surface area contributed by atoms with Crippen molar-refractivity contribution in [2.24, 2.45) is 11.8 Å². The molecule has 0 N–H and O–H groups in total. The molecule has 0 radical (unpaired) electrons. The molecule has 1 fully saturated rings. The third-order valence-corrected chi connectivity index (χ3v) is 6.58. The topological polar surface area (TPSA) is 61.9 Å². The second-order valence-corrected chi connectivity index (χ2v) is 8.85. The van der Waals surface area contributed by atoms with E-state index in [-0.39, 0.29) is 5.91 Å². The minimum Gasteiger partial charge on any atom is -0.337 e. The normalized spacial score (nSPS) is 18.4. The van der Waals surface area contributed by atoms with Gasteiger partial charge in [-0.2, -0.15) is 10.4 Å². The van der Waals surface area contributed by atoms with Crippen LogP contribution in [0, 0.1) is 30.1 Å². The first kappa shape index (κ1) is 21.8. The predicted octanol–water partition coefficient (Wildman–Crippen LogP) is 5.62. The molecule has 4 rings (SSSR count). The lowest BCUT2D eigenvalue weighted by Crippen LogP contribution is -2.44. The standard InChI is InChI=1S/C27H30N4O/c1-4-20-14-21(5-2)18-30(17-20)27(32)25-15-26(23-10-8-22(16-28)9-11-23)31(29-25)24-12-6-19(3)7-13-24/h6-13,15,20-21H,4-5,14,17-18H2,1-3H3. The van der Waals surface area contributed by atoms with Gasteiger partial charge in [0.1, 0.15) is 0 Å². The van der Waals surface area contributed by atoms with E-state index in [0.29, 0.717) is 23.1 Å². The first-order chi connectivity index (χ1) is 15.5. The predicted molar refractivity (Wildman–Crippen MR) is 127 cm³/mol. The molecule has 2 atom stereocenters. The summed E-state index contributed by atoms with van der Waals surface area (Å²) in [4.78, 5) is 15.5. The molecule has 2 unspecified atom stereocenters. The van der Waals surface area contributed by atoms with E-state index < -0.39 is 0 Å². The van der Waals surface area contributed by atoms with E-state index in [2.05, 4.69) is 19.9 Å². The number of hydrogen-bond donors (Lipinski definition) is 0. The Labute approximate surface area is 190 Å². The monoisotopic (exact) mass is 426 g/mol. The molecule has 1 aromatic heterocycles. The molecule has 1 saturated heterocycles. The van der Waals surface area contributed by atoms with E-state index in [1.807, 2.05) is 59.0 Å². The number of likely N-dealkylation sites (tertiary alicyclic amines) is 1. The number of piperidine rings is 1. The Hall–Kier alpha value is -3.39. The molecule has 1 aliphatic heterocycles. The lowest BCUT2D eigenvalue weighted by Gasteiger charge is -2.37. The van der Waals surface area contributed by atoms with Crippen molar-refractivity contribution in [3.8, 4) is 23.0 Å². The van der Waals surface area contributed by atoms with Gasteiger partial charge in [-0.3, -0.25) is 4.79 Å². The molecule has 1 amide bonds. The van der Waals surface area contributed by atoms with Gasteiger partial charge in [-0.05, 0) is 55.5 Å². The molecule has 3 aromatic rings. The molecule has 0 saturated carbocycles. The molecule has 5 heteroatoms. The van der Waals surface area contributed by atoms with Gasteiger partial charge >= 0.3 is 0 Å². The SMILES string of the molecule is CCC1CC(CC)CN(C(=O)c2cc(-c3ccc(C#N)cc3)n(-c3ccc(C)cc3)n2)C1. The molecule has 0 aliphatic carbocycles. The number of hydrogen-bond acceptors (Lipinski definition) is 3. The highest BCUT2D eigenvalue weighted by atomic mass is 16.2. The van der Waals surface area contributed by atoms with Gasteiger partial charge in [-0.25, -0.2) is 4.68 Å². The van der Waals surface area contributed by atoms with Crippen molar-refractivity contribution in [3.63, 3.8) is 0 Å². The van der Waals surface area contributed by atoms with Gasteiger partial charge in [0, 0.05) is 18.7 Å². The van der Waals surface area contributed by atoms with Crippen LogP contribution < -0.4 is 0 Å². The Morgan fingerprint density at radius 2 is 1.66 bits per heavy atom. The number of aryl methyl sites for hydroxylation is 1. The average Bonchev–Trinajstić information content (AvgIpc) is 3.29. The minimum atomic E-state index is 0.00218. The number of aromatic nitrogens is 2. The fraction of sp³-hybridized carbons (Fsp3) is 0.370. The summed E-state index contributed by atoms with van der Waals surface area (Å²) in [5.74, 6) is 1.10. The third-order valence-electron chi connectivity index (χ3n) is 6.58. The van der Waals surface area contributed by atoms with Gasteiger partial charge in [0.15, 0.2) is 5.69 Å². The van der Waals surface area contributed by atoms with E-state index in [1.165, 1.54) is 12.0 Å². The summed E-state index contributed by atoms with van der Waals surface area (Å²) in [6, 6.07) is 19.6. The van der Waals surface area contributed by atoms with Crippen molar-refractivity contribution in [1.29, 1.82) is 5.26 Å². The maximum atomic E-state index is 13.5. The molecular formula is C27H30N4O. The summed E-state index contributed by atoms with van der Waals surface area (Å²) in [5, 5.41) is 13.9. The van der Waals surface area contributed by atoms with Gasteiger partial charge in [0.05, 0.1) is 23.0 Å². The Morgan fingerprint density at radius 1 is 1.03 bits per heavy atom. The third kappa shape index (κ3) is 4.45. The van der Waals surface area contributed by atoms with Crippen LogP contribution in [0.4, 0.5) is 0 Å². The molecule has 2 heterocycles. The second kappa shape index (κ2) is 9.40. The molecular weight excluding hydrogens is 396 g/mol. The van der Waals surface area contributed by atoms with Crippen LogP contribution in [0.25, 0.3) is 16.9 Å². The van der Waals surface area contributed by atoms with Crippen molar-refractivity contribution >= 4 is 5.91 Å². The Balaban J connectivity index is 1.73. The summed E-state index contributed by atoms with van der Waals surface area (Å²) in [5.41, 5.74) is 4.92. The Bertz CT molecular complexity index is 1110. The maximum absolute atomic E-state index is 13.5. The summed E-state index contributed by atoms with van der Waals surface area (Å²) >= 11 is 0. The molecule has 2 aromatic carbocycles. The van der Waals surface area contributed by atoms with Gasteiger partial charge in [-0.1, -0.05) is 56.5 Å². The van der Waals surface area contributed by atoms with Gasteiger partial charge in [0.25, 0.3) is 5.91 Å². The second-order valence-electron chi connectivity index (χ2n) is 8.85. The fourth-order valence-electron chi connectivity index (χ4n) is 4.53. The summed E-state index contributed by atoms with van der Waals surface area (Å²) in [7, 11) is 0. The van der Waals surface area contributed by atoms with Crippen molar-refractivity contribution in [2.45, 2.75) is 40.0 Å². The Morgan fingerprint density at radius 3 is 2.22 bits per heavy atom. The fourth-order valence-corrected chi connectivity index (χ4v) is 4.53. The number of rotatable bonds is 5. The molecule has 32 heavy (non-hydrogen) atoms. The average molecular weight is 427 g/mol. The maximum Gasteiger partial charge on any atom is 0.274 e. The first-order valence-corrected chi connectivity index (χ1v) is 11.5. The van der Waals surface area contributed by atoms with Crippen molar-refractivity contribution < 1.29 is 4.79 Å². The van der Waals surface area contributed by atoms with Gasteiger partial charge in [-0.15, -0.1) is 0 Å². The zero-order chi connectivity index (χ0) is 22.7. The Kier molecular flexibility index (Phi) is 6.41. The number of nitrogens with zero attached hydrogens (tertiary/aromatic N) is 4. The molecule has 164 valence electrons. The van der Waals surface area contributed by atoms with Crippen molar-refractivity contribution in [2.75, 3.05) is 13.1 Å². The van der Waals surface area contributed by atoms with Crippen LogP contribution in [0.1, 0.15) is 54.7 Å².